The summed E-state index contributed by atoms with van der Waals surface area (Å²) in [4.78, 5) is 16.5. The number of aliphatic imine (C=N–C) groups is 1. The van der Waals surface area contributed by atoms with Crippen molar-refractivity contribution in [2.75, 3.05) is 6.26 Å². The maximum Gasteiger partial charge on any atom is 0.285 e. The molecule has 0 N–H and O–H groups in total. The van der Waals surface area contributed by atoms with Gasteiger partial charge in [-0.3, -0.25) is 4.79 Å². The van der Waals surface area contributed by atoms with Crippen molar-refractivity contribution >= 4 is 50.7 Å². The van der Waals surface area contributed by atoms with Crippen LogP contribution in [0.1, 0.15) is 5.56 Å². The molecule has 2 aromatic rings. The minimum Gasteiger partial charge on any atom is -0.266 e. The van der Waals surface area contributed by atoms with Crippen LogP contribution in [0, 0.1) is 0 Å². The first-order chi connectivity index (χ1) is 9.28. The van der Waals surface area contributed by atoms with Crippen LogP contribution >= 0.6 is 23.5 Å². The molecule has 0 fully saturated rings. The number of carbonyl (C=O) groups excluding carboxylic acids is 1. The Kier molecular flexibility index (Phi) is 3.44. The lowest BCUT2D eigenvalue weighted by Gasteiger charge is -2.02. The van der Waals surface area contributed by atoms with Gasteiger partial charge in [-0.05, 0) is 28.7 Å². The van der Waals surface area contributed by atoms with Gasteiger partial charge >= 0.3 is 0 Å². The van der Waals surface area contributed by atoms with Crippen molar-refractivity contribution in [1.29, 1.82) is 0 Å². The largest absolute Gasteiger partial charge is 0.285 e. The Hall–Kier alpha value is -1.52. The first kappa shape index (κ1) is 12.5. The van der Waals surface area contributed by atoms with E-state index in [1.165, 1.54) is 28.9 Å². The zero-order chi connectivity index (χ0) is 13.2. The van der Waals surface area contributed by atoms with E-state index in [4.69, 9.17) is 0 Å². The molecule has 19 heavy (non-hydrogen) atoms. The van der Waals surface area contributed by atoms with Crippen molar-refractivity contribution in [2.45, 2.75) is 0 Å². The molecule has 0 aliphatic carbocycles. The molecule has 1 aliphatic rings. The van der Waals surface area contributed by atoms with E-state index < -0.39 is 0 Å². The Morgan fingerprint density at radius 1 is 1.16 bits per heavy atom. The summed E-state index contributed by atoms with van der Waals surface area (Å²) in [7, 11) is 0. The van der Waals surface area contributed by atoms with Gasteiger partial charge in [0.1, 0.15) is 4.38 Å². The number of nitrogens with zero attached hydrogens (tertiary/aromatic N) is 1. The van der Waals surface area contributed by atoms with Crippen molar-refractivity contribution in [3.05, 3.63) is 52.9 Å². The number of benzene rings is 2. The second-order valence-corrected chi connectivity index (χ2v) is 6.15. The lowest BCUT2D eigenvalue weighted by Crippen LogP contribution is -1.88. The fourth-order valence-corrected chi connectivity index (χ4v) is 3.41. The highest BCUT2D eigenvalue weighted by Crippen LogP contribution is 2.33. The van der Waals surface area contributed by atoms with E-state index in [0.717, 1.165) is 15.3 Å². The van der Waals surface area contributed by atoms with Crippen LogP contribution in [-0.4, -0.2) is 16.5 Å². The van der Waals surface area contributed by atoms with Crippen molar-refractivity contribution < 1.29 is 4.79 Å². The van der Waals surface area contributed by atoms with E-state index in [1.54, 1.807) is 0 Å². The zero-order valence-corrected chi connectivity index (χ0v) is 11.9. The van der Waals surface area contributed by atoms with Crippen LogP contribution in [0.2, 0.25) is 0 Å². The molecule has 0 atom stereocenters. The highest BCUT2D eigenvalue weighted by molar-refractivity contribution is 8.40. The number of hydrogen-bond acceptors (Lipinski definition) is 3. The van der Waals surface area contributed by atoms with E-state index in [1.807, 2.05) is 36.6 Å². The summed E-state index contributed by atoms with van der Waals surface area (Å²) in [6.45, 7) is 0. The van der Waals surface area contributed by atoms with E-state index in [9.17, 15) is 4.79 Å². The topological polar surface area (TPSA) is 29.4 Å². The Bertz CT molecular complexity index is 714. The minimum absolute atomic E-state index is 0.137. The Morgan fingerprint density at radius 2 is 1.95 bits per heavy atom. The highest BCUT2D eigenvalue weighted by atomic mass is 32.2. The van der Waals surface area contributed by atoms with E-state index >= 15 is 0 Å². The predicted molar refractivity (Wildman–Crippen MR) is 85.5 cm³/mol. The standard InChI is InChI=1S/C15H11NOS2/c1-18-15-16-14(17)13(19-15)9-11-7-4-6-10-5-2-3-8-12(10)11/h2-9H,1H3/b13-9-. The normalized spacial score (nSPS) is 17.2. The molecule has 4 heteroatoms. The third-order valence-corrected chi connectivity index (χ3v) is 4.85. The number of rotatable bonds is 1. The fraction of sp³-hybridized carbons (Fsp3) is 0.0667. The van der Waals surface area contributed by atoms with Crippen LogP contribution in [0.15, 0.2) is 52.4 Å². The number of carbonyl (C=O) groups is 1. The van der Waals surface area contributed by atoms with Crippen LogP contribution in [0.25, 0.3) is 16.8 Å². The SMILES string of the molecule is CSC1=NC(=O)/C(=C/c2cccc3ccccc23)S1. The molecule has 1 heterocycles. The molecule has 0 spiro atoms. The fourth-order valence-electron chi connectivity index (χ4n) is 1.99. The van der Waals surface area contributed by atoms with Gasteiger partial charge in [0.2, 0.25) is 0 Å². The molecule has 94 valence electrons. The van der Waals surface area contributed by atoms with Crippen molar-refractivity contribution in [1.82, 2.24) is 0 Å². The molecular weight excluding hydrogens is 274 g/mol. The van der Waals surface area contributed by atoms with Gasteiger partial charge in [-0.15, -0.1) is 11.8 Å². The average molecular weight is 285 g/mol. The lowest BCUT2D eigenvalue weighted by molar-refractivity contribution is -0.113. The van der Waals surface area contributed by atoms with Crippen LogP contribution in [0.4, 0.5) is 0 Å². The maximum absolute atomic E-state index is 11.8. The van der Waals surface area contributed by atoms with Gasteiger partial charge in [0.05, 0.1) is 4.91 Å². The molecule has 3 rings (SSSR count). The second-order valence-electron chi connectivity index (χ2n) is 4.07. The molecule has 0 aromatic heterocycles. The summed E-state index contributed by atoms with van der Waals surface area (Å²) in [5.74, 6) is -0.137. The van der Waals surface area contributed by atoms with Gasteiger partial charge in [0, 0.05) is 0 Å². The minimum atomic E-state index is -0.137. The molecule has 0 radical (unpaired) electrons. The second kappa shape index (κ2) is 5.23. The average Bonchev–Trinajstić information content (AvgIpc) is 2.80. The monoisotopic (exact) mass is 285 g/mol. The maximum atomic E-state index is 11.8. The molecular formula is C15H11NOS2. The van der Waals surface area contributed by atoms with Crippen molar-refractivity contribution in [3.63, 3.8) is 0 Å². The van der Waals surface area contributed by atoms with Crippen LogP contribution in [0.5, 0.6) is 0 Å². The van der Waals surface area contributed by atoms with Crippen LogP contribution in [-0.2, 0) is 4.79 Å². The zero-order valence-electron chi connectivity index (χ0n) is 10.3. The summed E-state index contributed by atoms with van der Waals surface area (Å²) >= 11 is 2.95. The first-order valence-electron chi connectivity index (χ1n) is 5.82. The summed E-state index contributed by atoms with van der Waals surface area (Å²) in [5.41, 5.74) is 1.06. The molecule has 0 saturated carbocycles. The molecule has 2 nitrogen and oxygen atoms in total. The predicted octanol–water partition coefficient (Wildman–Crippen LogP) is 4.17. The smallest absolute Gasteiger partial charge is 0.266 e. The molecule has 0 unspecified atom stereocenters. The van der Waals surface area contributed by atoms with Gasteiger partial charge in [-0.1, -0.05) is 54.2 Å². The molecule has 2 aromatic carbocycles. The quantitative estimate of drug-likeness (QED) is 0.736. The van der Waals surface area contributed by atoms with E-state index in [2.05, 4.69) is 23.2 Å². The number of hydrogen-bond donors (Lipinski definition) is 0. The van der Waals surface area contributed by atoms with Crippen molar-refractivity contribution in [2.24, 2.45) is 4.99 Å². The summed E-state index contributed by atoms with van der Waals surface area (Å²) in [6.07, 6.45) is 3.86. The number of fused-ring (bicyclic) bond motifs is 1. The lowest BCUT2D eigenvalue weighted by atomic mass is 10.0. The van der Waals surface area contributed by atoms with Crippen molar-refractivity contribution in [3.8, 4) is 0 Å². The summed E-state index contributed by atoms with van der Waals surface area (Å²) in [6, 6.07) is 14.3. The Labute approximate surface area is 120 Å². The van der Waals surface area contributed by atoms with Gasteiger partial charge < -0.3 is 0 Å². The summed E-state index contributed by atoms with van der Waals surface area (Å²) < 4.78 is 0.816. The number of amides is 1. The van der Waals surface area contributed by atoms with Gasteiger partial charge in [0.15, 0.2) is 0 Å². The summed E-state index contributed by atoms with van der Waals surface area (Å²) in [5, 5.41) is 2.34. The number of thioether (sulfide) groups is 2. The van der Waals surface area contributed by atoms with Gasteiger partial charge in [0.25, 0.3) is 5.91 Å². The third-order valence-electron chi connectivity index (χ3n) is 2.89. The van der Waals surface area contributed by atoms with Crippen LogP contribution < -0.4 is 0 Å². The molecule has 0 saturated heterocycles. The molecule has 1 amide bonds. The van der Waals surface area contributed by atoms with E-state index in [-0.39, 0.29) is 5.91 Å². The Balaban J connectivity index is 2.05. The third kappa shape index (κ3) is 2.46. The van der Waals surface area contributed by atoms with Gasteiger partial charge in [-0.25, -0.2) is 0 Å². The highest BCUT2D eigenvalue weighted by Gasteiger charge is 2.21. The molecule has 1 aliphatic heterocycles. The van der Waals surface area contributed by atoms with Gasteiger partial charge in [-0.2, -0.15) is 4.99 Å². The van der Waals surface area contributed by atoms with Crippen LogP contribution in [0.3, 0.4) is 0 Å². The molecule has 0 bridgehead atoms. The first-order valence-corrected chi connectivity index (χ1v) is 7.86. The van der Waals surface area contributed by atoms with E-state index in [0.29, 0.717) is 4.91 Å². The Morgan fingerprint density at radius 3 is 2.74 bits per heavy atom.